The molecule has 0 bridgehead atoms. The maximum absolute atomic E-state index is 10.6. The summed E-state index contributed by atoms with van der Waals surface area (Å²) < 4.78 is 64.5. The minimum absolute atomic E-state index is 0. The molecule has 2 aromatic carbocycles. The summed E-state index contributed by atoms with van der Waals surface area (Å²) in [5.74, 6) is -1.11. The van der Waals surface area contributed by atoms with E-state index < -0.39 is 22.4 Å². The maximum atomic E-state index is 10.6. The quantitative estimate of drug-likeness (QED) is 0.189. The molecule has 0 saturated heterocycles. The maximum Gasteiger partial charge on any atom is 2.00 e. The number of benzene rings is 2. The zero-order chi connectivity index (χ0) is 33.5. The number of nitriles is 1. The minimum Gasteiger partial charge on any atom is -0.475 e. The Hall–Kier alpha value is -3.39. The SMILES string of the molecule is CC#N.O=C(O)C(F)(F)F.[O-][Cl+3]([O-])([O-])O.[Zn+2].c1cc(CSc2cccc3cccnc23)nc(CSc2cccc3cccnc23)c1. The second kappa shape index (κ2) is 20.0. The Labute approximate surface area is 284 Å². The Balaban J connectivity index is 0.000000557. The molecule has 0 aliphatic rings. The summed E-state index contributed by atoms with van der Waals surface area (Å²) in [7, 11) is -4.69. The zero-order valence-electron chi connectivity index (χ0n) is 23.9. The van der Waals surface area contributed by atoms with Crippen LogP contribution in [0.25, 0.3) is 21.8 Å². The van der Waals surface area contributed by atoms with E-state index in [0.29, 0.717) is 0 Å². The van der Waals surface area contributed by atoms with E-state index in [1.807, 2.05) is 24.5 Å². The fraction of sp³-hybridized carbons (Fsp3) is 0.138. The molecule has 0 radical (unpaired) electrons. The van der Waals surface area contributed by atoms with Gasteiger partial charge in [-0.2, -0.15) is 32.4 Å². The zero-order valence-corrected chi connectivity index (χ0v) is 29.3. The van der Waals surface area contributed by atoms with Crippen LogP contribution in [0.15, 0.2) is 101 Å². The topological polar surface area (TPSA) is 189 Å². The molecule has 0 aliphatic carbocycles. The number of pyridine rings is 3. The van der Waals surface area contributed by atoms with Crippen molar-refractivity contribution in [3.8, 4) is 6.07 Å². The Morgan fingerprint density at radius 1 is 0.826 bits per heavy atom. The normalized spacial score (nSPS) is 10.5. The molecule has 0 aliphatic heterocycles. The molecule has 5 rings (SSSR count). The van der Waals surface area contributed by atoms with Gasteiger partial charge >= 0.3 is 31.6 Å². The molecule has 5 aromatic rings. The Kier molecular flexibility index (Phi) is 17.6. The first-order valence-corrected chi connectivity index (χ1v) is 15.6. The number of fused-ring (bicyclic) bond motifs is 2. The van der Waals surface area contributed by atoms with E-state index in [4.69, 9.17) is 38.8 Å². The van der Waals surface area contributed by atoms with Crippen LogP contribution in [0, 0.1) is 21.6 Å². The number of hydrogen-bond acceptors (Lipinski definition) is 11. The molecule has 10 nitrogen and oxygen atoms in total. The van der Waals surface area contributed by atoms with Gasteiger partial charge in [-0.05, 0) is 36.4 Å². The number of rotatable bonds is 6. The first-order chi connectivity index (χ1) is 21.2. The Morgan fingerprint density at radius 2 is 1.15 bits per heavy atom. The third kappa shape index (κ3) is 15.3. The van der Waals surface area contributed by atoms with Crippen LogP contribution in [0.1, 0.15) is 18.3 Å². The van der Waals surface area contributed by atoms with Crippen LogP contribution in [-0.4, -0.2) is 36.9 Å². The molecule has 46 heavy (non-hydrogen) atoms. The van der Waals surface area contributed by atoms with Crippen LogP contribution in [0.3, 0.4) is 0 Å². The first-order valence-electron chi connectivity index (χ1n) is 12.3. The van der Waals surface area contributed by atoms with E-state index in [1.54, 1.807) is 29.6 Å². The summed E-state index contributed by atoms with van der Waals surface area (Å²) in [6, 6.07) is 28.8. The number of alkyl halides is 3. The van der Waals surface area contributed by atoms with E-state index in [1.165, 1.54) is 27.5 Å². The van der Waals surface area contributed by atoms with Gasteiger partial charge in [-0.3, -0.25) is 15.0 Å². The second-order valence-corrected chi connectivity index (χ2v) is 11.1. The summed E-state index contributed by atoms with van der Waals surface area (Å²) in [5, 5.41) is 16.8. The predicted molar refractivity (Wildman–Crippen MR) is 154 cm³/mol. The third-order valence-corrected chi connectivity index (χ3v) is 7.21. The standard InChI is InChI=1S/C25H19N3S2.C2HF3O2.C2H3N.ClHO4.Zn/c1-6-18-8-4-14-26-24(18)22(12-1)29-16-20-10-3-11-21(28-20)17-30-23-13-2-7-19-9-5-15-27-25(19)23;3-2(4,5)1(6)7;1-2-3;2-1(3,4)5;/h1-15H,16-17H2;(H,6,7);1H3;(H,2,3,4,5);/q;;;;+2. The van der Waals surface area contributed by atoms with E-state index >= 15 is 0 Å². The molecule has 0 spiro atoms. The number of halogens is 4. The summed E-state index contributed by atoms with van der Waals surface area (Å²) >= 11 is 3.57. The number of carboxylic acid groups (broad SMARTS) is 1. The van der Waals surface area contributed by atoms with Crippen molar-refractivity contribution in [3.63, 3.8) is 0 Å². The van der Waals surface area contributed by atoms with E-state index in [9.17, 15) is 13.2 Å². The van der Waals surface area contributed by atoms with Crippen LogP contribution in [0.5, 0.6) is 0 Å². The van der Waals surface area contributed by atoms with Crippen molar-refractivity contribution >= 4 is 51.3 Å². The van der Waals surface area contributed by atoms with Gasteiger partial charge in [-0.25, -0.2) is 4.79 Å². The van der Waals surface area contributed by atoms with Gasteiger partial charge in [0.15, 0.2) is 0 Å². The molecule has 3 heterocycles. The number of thioether (sulfide) groups is 2. The number of aliphatic carboxylic acids is 1. The van der Waals surface area contributed by atoms with Gasteiger partial charge in [-0.1, -0.05) is 42.5 Å². The van der Waals surface area contributed by atoms with E-state index in [2.05, 4.69) is 76.7 Å². The van der Waals surface area contributed by atoms with Gasteiger partial charge in [0, 0.05) is 51.4 Å². The van der Waals surface area contributed by atoms with Crippen molar-refractivity contribution in [2.24, 2.45) is 0 Å². The van der Waals surface area contributed by atoms with E-state index in [-0.39, 0.29) is 19.5 Å². The summed E-state index contributed by atoms with van der Waals surface area (Å²) in [5.41, 5.74) is 4.28. The van der Waals surface area contributed by atoms with E-state index in [0.717, 1.165) is 33.9 Å². The van der Waals surface area contributed by atoms with Crippen molar-refractivity contribution in [1.82, 2.24) is 15.0 Å². The molecule has 0 amide bonds. The summed E-state index contributed by atoms with van der Waals surface area (Å²) in [6.45, 7) is 1.43. The minimum atomic E-state index is -5.08. The monoisotopic (exact) mass is 744 g/mol. The van der Waals surface area contributed by atoms with Crippen molar-refractivity contribution in [2.45, 2.75) is 34.4 Å². The fourth-order valence-corrected chi connectivity index (χ4v) is 5.27. The van der Waals surface area contributed by atoms with Crippen molar-refractivity contribution in [3.05, 3.63) is 103 Å². The second-order valence-electron chi connectivity index (χ2n) is 8.28. The largest absolute Gasteiger partial charge is 2.00 e. The first kappa shape index (κ1) is 40.6. The van der Waals surface area contributed by atoms with Crippen LogP contribution in [0.2, 0.25) is 0 Å². The third-order valence-electron chi connectivity index (χ3n) is 5.05. The van der Waals surface area contributed by atoms with Crippen molar-refractivity contribution < 1.29 is 71.4 Å². The molecule has 0 atom stereocenters. The molecule has 17 heteroatoms. The fourth-order valence-electron chi connectivity index (χ4n) is 3.38. The van der Waals surface area contributed by atoms with Gasteiger partial charge < -0.3 is 5.11 Å². The molecule has 0 fully saturated rings. The van der Waals surface area contributed by atoms with Gasteiger partial charge in [0.1, 0.15) is 0 Å². The summed E-state index contributed by atoms with van der Waals surface area (Å²) in [6.07, 6.45) is -1.38. The van der Waals surface area contributed by atoms with Gasteiger partial charge in [0.2, 0.25) is 0 Å². The molecule has 236 valence electrons. The number of nitrogens with zero attached hydrogens (tertiary/aromatic N) is 4. The Morgan fingerprint density at radius 3 is 1.50 bits per heavy atom. The average molecular weight is 747 g/mol. The molecular formula is C29H24ClF3N4O6S2Zn+2. The molecule has 0 saturated carbocycles. The predicted octanol–water partition coefficient (Wildman–Crippen LogP) is 3.80. The smallest absolute Gasteiger partial charge is 0.475 e. The molecular weight excluding hydrogens is 722 g/mol. The summed E-state index contributed by atoms with van der Waals surface area (Å²) in [4.78, 5) is 25.3. The van der Waals surface area contributed by atoms with Crippen LogP contribution >= 0.6 is 23.5 Å². The number of carboxylic acids is 1. The number of hydrogen-bond donors (Lipinski definition) is 2. The molecule has 3 aromatic heterocycles. The van der Waals surface area contributed by atoms with Gasteiger partial charge in [0.25, 0.3) is 0 Å². The Bertz CT molecular complexity index is 1630. The van der Waals surface area contributed by atoms with Crippen molar-refractivity contribution in [2.75, 3.05) is 0 Å². The van der Waals surface area contributed by atoms with Crippen LogP contribution in [-0.2, 0) is 35.8 Å². The molecule has 2 N–H and O–H groups in total. The average Bonchev–Trinajstić information content (AvgIpc) is 2.98. The van der Waals surface area contributed by atoms with Crippen LogP contribution in [0.4, 0.5) is 13.2 Å². The van der Waals surface area contributed by atoms with Crippen LogP contribution < -0.4 is 14.0 Å². The number of aromatic nitrogens is 3. The van der Waals surface area contributed by atoms with Gasteiger partial charge in [-0.15, -0.1) is 23.5 Å². The van der Waals surface area contributed by atoms with Gasteiger partial charge in [0.05, 0.1) is 43.4 Å². The molecule has 0 unspecified atom stereocenters. The number of carbonyl (C=O) groups is 1. The van der Waals surface area contributed by atoms with Crippen molar-refractivity contribution in [1.29, 1.82) is 5.26 Å². The number of para-hydroxylation sites is 2.